The molecule has 0 spiro atoms. The fourth-order valence-electron chi connectivity index (χ4n) is 4.80. The van der Waals surface area contributed by atoms with Crippen LogP contribution in [0.1, 0.15) is 49.4 Å². The van der Waals surface area contributed by atoms with Crippen molar-refractivity contribution in [3.8, 4) is 6.07 Å². The molecule has 2 aromatic heterocycles. The smallest absolute Gasteiger partial charge is 0.249 e. The lowest BCUT2D eigenvalue weighted by atomic mass is 9.81. The summed E-state index contributed by atoms with van der Waals surface area (Å²) in [7, 11) is 0. The van der Waals surface area contributed by atoms with Crippen LogP contribution in [0.3, 0.4) is 0 Å². The van der Waals surface area contributed by atoms with E-state index < -0.39 is 5.82 Å². The second-order valence-electron chi connectivity index (χ2n) is 8.48. The number of nitriles is 1. The Morgan fingerprint density at radius 2 is 2.03 bits per heavy atom. The minimum absolute atomic E-state index is 0.0248. The molecule has 0 unspecified atom stereocenters. The van der Waals surface area contributed by atoms with E-state index in [1.165, 1.54) is 11.1 Å². The number of halogens is 1. The molecule has 5 rings (SSSR count). The summed E-state index contributed by atoms with van der Waals surface area (Å²) in [6.07, 6.45) is 10.8. The maximum Gasteiger partial charge on any atom is 0.249 e. The fraction of sp³-hybridized carbons (Fsp3) is 0.435. The second kappa shape index (κ2) is 8.63. The number of benzene rings is 1. The van der Waals surface area contributed by atoms with Gasteiger partial charge in [-0.3, -0.25) is 19.6 Å². The van der Waals surface area contributed by atoms with E-state index in [0.29, 0.717) is 18.0 Å². The van der Waals surface area contributed by atoms with Crippen LogP contribution in [0.15, 0.2) is 37.1 Å². The van der Waals surface area contributed by atoms with Crippen LogP contribution < -0.4 is 0 Å². The summed E-state index contributed by atoms with van der Waals surface area (Å²) in [4.78, 5) is 31.6. The topological polar surface area (TPSA) is 96.9 Å². The van der Waals surface area contributed by atoms with E-state index in [1.807, 2.05) is 10.6 Å². The highest BCUT2D eigenvalue weighted by Crippen LogP contribution is 2.36. The van der Waals surface area contributed by atoms with Gasteiger partial charge in [-0.05, 0) is 37.7 Å². The van der Waals surface area contributed by atoms with Crippen molar-refractivity contribution in [2.75, 3.05) is 6.61 Å². The van der Waals surface area contributed by atoms with E-state index in [0.717, 1.165) is 49.9 Å². The Hall–Kier alpha value is -3.38. The molecule has 1 aliphatic heterocycles. The molecule has 1 amide bonds. The minimum atomic E-state index is -0.548. The van der Waals surface area contributed by atoms with Gasteiger partial charge in [-0.15, -0.1) is 0 Å². The molecule has 2 fully saturated rings. The van der Waals surface area contributed by atoms with Gasteiger partial charge in [-0.2, -0.15) is 5.26 Å². The van der Waals surface area contributed by atoms with E-state index in [-0.39, 0.29) is 23.4 Å². The highest BCUT2D eigenvalue weighted by Gasteiger charge is 2.38. The largest absolute Gasteiger partial charge is 0.330 e. The zero-order valence-corrected chi connectivity index (χ0v) is 17.5. The summed E-state index contributed by atoms with van der Waals surface area (Å²) in [6, 6.07) is 4.58. The van der Waals surface area contributed by atoms with E-state index >= 15 is 0 Å². The molecule has 0 N–H and O–H groups in total. The van der Waals surface area contributed by atoms with Crippen molar-refractivity contribution in [1.29, 1.82) is 5.26 Å². The number of hydrogen-bond donors (Lipinski definition) is 0. The Morgan fingerprint density at radius 3 is 2.78 bits per heavy atom. The molecule has 9 heteroatoms. The van der Waals surface area contributed by atoms with Gasteiger partial charge in [-0.1, -0.05) is 0 Å². The van der Waals surface area contributed by atoms with Crippen molar-refractivity contribution in [2.45, 2.75) is 44.7 Å². The van der Waals surface area contributed by atoms with Crippen molar-refractivity contribution in [3.63, 3.8) is 0 Å². The highest BCUT2D eigenvalue weighted by molar-refractivity contribution is 5.79. The molecular weight excluding hydrogens is 411 g/mol. The van der Waals surface area contributed by atoms with Gasteiger partial charge in [0, 0.05) is 37.3 Å². The number of fused-ring (bicyclic) bond motifs is 1. The first-order valence-corrected chi connectivity index (χ1v) is 10.9. The van der Waals surface area contributed by atoms with Gasteiger partial charge in [0.1, 0.15) is 17.9 Å². The lowest BCUT2D eigenvalue weighted by Gasteiger charge is -2.31. The van der Waals surface area contributed by atoms with Gasteiger partial charge >= 0.3 is 0 Å². The normalized spacial score (nSPS) is 23.4. The van der Waals surface area contributed by atoms with Gasteiger partial charge in [0.25, 0.3) is 0 Å². The van der Waals surface area contributed by atoms with E-state index in [1.54, 1.807) is 31.0 Å². The predicted octanol–water partition coefficient (Wildman–Crippen LogP) is 3.55. The number of hydroxylamine groups is 2. The number of amides is 1. The third-order valence-corrected chi connectivity index (χ3v) is 6.53. The summed E-state index contributed by atoms with van der Waals surface area (Å²) in [5.41, 5.74) is 2.09. The Kier molecular flexibility index (Phi) is 5.53. The zero-order valence-electron chi connectivity index (χ0n) is 17.5. The molecule has 164 valence electrons. The molecule has 1 saturated heterocycles. The number of carbonyl (C=O) groups is 1. The van der Waals surface area contributed by atoms with Crippen LogP contribution in [0, 0.1) is 29.0 Å². The van der Waals surface area contributed by atoms with Crippen LogP contribution in [0.25, 0.3) is 11.0 Å². The number of rotatable bonds is 4. The van der Waals surface area contributed by atoms with Crippen LogP contribution in [0.2, 0.25) is 0 Å². The molecule has 3 heterocycles. The van der Waals surface area contributed by atoms with Crippen LogP contribution in [-0.2, 0) is 16.2 Å². The molecule has 1 atom stereocenters. The zero-order chi connectivity index (χ0) is 22.1. The molecule has 1 saturated carbocycles. The fourth-order valence-corrected chi connectivity index (χ4v) is 4.80. The van der Waals surface area contributed by atoms with E-state index in [9.17, 15) is 9.18 Å². The Morgan fingerprint density at radius 1 is 1.19 bits per heavy atom. The molecule has 3 aromatic rings. The molecule has 0 radical (unpaired) electrons. The molecular formula is C23H23FN6O2. The molecule has 0 bridgehead atoms. The van der Waals surface area contributed by atoms with Gasteiger partial charge in [0.2, 0.25) is 5.91 Å². The quantitative estimate of drug-likeness (QED) is 0.623. The van der Waals surface area contributed by atoms with E-state index in [2.05, 4.69) is 15.0 Å². The first-order valence-electron chi connectivity index (χ1n) is 10.9. The number of hydrogen-bond acceptors (Lipinski definition) is 6. The molecule has 1 aliphatic carbocycles. The Labute approximate surface area is 184 Å². The standard InChI is InChI=1S/C23H23FN6O2/c24-18-10-19-22(9-17(18)11-25)29(14-28-19)13-15-1-3-16(4-2-15)23(31)30-21(5-8-32-30)20-12-26-6-7-27-20/h6-7,9-10,12,14-16,21H,1-5,8,13H2/t15-,16-,21-/m0/s1. The third-order valence-electron chi connectivity index (χ3n) is 6.53. The van der Waals surface area contributed by atoms with Crippen LogP contribution in [0.4, 0.5) is 4.39 Å². The van der Waals surface area contributed by atoms with Crippen LogP contribution >= 0.6 is 0 Å². The minimum Gasteiger partial charge on any atom is -0.330 e. The van der Waals surface area contributed by atoms with Crippen LogP contribution in [0.5, 0.6) is 0 Å². The first kappa shape index (κ1) is 20.5. The van der Waals surface area contributed by atoms with Crippen molar-refractivity contribution >= 4 is 16.9 Å². The van der Waals surface area contributed by atoms with Crippen molar-refractivity contribution < 1.29 is 14.0 Å². The number of aromatic nitrogens is 4. The number of nitrogens with zero attached hydrogens (tertiary/aromatic N) is 6. The number of carbonyl (C=O) groups excluding carboxylic acids is 1. The summed E-state index contributed by atoms with van der Waals surface area (Å²) in [6.45, 7) is 1.23. The second-order valence-corrected chi connectivity index (χ2v) is 8.48. The Bertz CT molecular complexity index is 1170. The third kappa shape index (κ3) is 3.82. The maximum absolute atomic E-state index is 13.8. The van der Waals surface area contributed by atoms with Gasteiger partial charge < -0.3 is 4.57 Å². The van der Waals surface area contributed by atoms with Gasteiger partial charge in [0.15, 0.2) is 0 Å². The average Bonchev–Trinajstić information content (AvgIpc) is 3.46. The molecule has 8 nitrogen and oxygen atoms in total. The summed E-state index contributed by atoms with van der Waals surface area (Å²) < 4.78 is 15.8. The highest BCUT2D eigenvalue weighted by atomic mass is 19.1. The first-order chi connectivity index (χ1) is 15.6. The SMILES string of the molecule is N#Cc1cc2c(cc1F)ncn2C[C@H]1CC[C@H](C(=O)N2OCC[C@H]2c2cnccn2)CC1. The Balaban J connectivity index is 1.22. The van der Waals surface area contributed by atoms with Crippen molar-refractivity contribution in [2.24, 2.45) is 11.8 Å². The molecule has 32 heavy (non-hydrogen) atoms. The van der Waals surface area contributed by atoms with Gasteiger partial charge in [0.05, 0.1) is 41.4 Å². The monoisotopic (exact) mass is 434 g/mol. The average molecular weight is 434 g/mol. The lowest BCUT2D eigenvalue weighted by molar-refractivity contribution is -0.183. The summed E-state index contributed by atoms with van der Waals surface area (Å²) >= 11 is 0. The van der Waals surface area contributed by atoms with Crippen molar-refractivity contribution in [3.05, 3.63) is 54.1 Å². The van der Waals surface area contributed by atoms with Crippen LogP contribution in [-0.4, -0.2) is 37.1 Å². The summed E-state index contributed by atoms with van der Waals surface area (Å²) in [5, 5.41) is 10.6. The summed E-state index contributed by atoms with van der Waals surface area (Å²) in [5.74, 6) is -0.198. The number of imidazole rings is 1. The molecule has 1 aromatic carbocycles. The van der Waals surface area contributed by atoms with E-state index in [4.69, 9.17) is 10.1 Å². The maximum atomic E-state index is 13.8. The van der Waals surface area contributed by atoms with Crippen molar-refractivity contribution in [1.82, 2.24) is 24.6 Å². The molecule has 2 aliphatic rings. The van der Waals surface area contributed by atoms with Gasteiger partial charge in [-0.25, -0.2) is 14.4 Å². The lowest BCUT2D eigenvalue weighted by Crippen LogP contribution is -2.37. The predicted molar refractivity (Wildman–Crippen MR) is 112 cm³/mol.